The molecular formula is C9H12Cl3N. The van der Waals surface area contributed by atoms with Gasteiger partial charge < -0.3 is 5.73 Å². The van der Waals surface area contributed by atoms with E-state index in [2.05, 4.69) is 0 Å². The quantitative estimate of drug-likeness (QED) is 0.844. The van der Waals surface area contributed by atoms with Crippen molar-refractivity contribution in [3.05, 3.63) is 33.3 Å². The molecule has 0 aromatic heterocycles. The average Bonchev–Trinajstić information content (AvgIpc) is 2.07. The van der Waals surface area contributed by atoms with Gasteiger partial charge in [-0.25, -0.2) is 0 Å². The van der Waals surface area contributed by atoms with Gasteiger partial charge in [-0.1, -0.05) is 29.3 Å². The lowest BCUT2D eigenvalue weighted by atomic mass is 10.1. The lowest BCUT2D eigenvalue weighted by molar-refractivity contribution is 0.958. The molecule has 0 spiro atoms. The molecule has 0 aliphatic heterocycles. The second-order valence-electron chi connectivity index (χ2n) is 2.68. The van der Waals surface area contributed by atoms with Gasteiger partial charge in [0.05, 0.1) is 10.0 Å². The van der Waals surface area contributed by atoms with Crippen LogP contribution in [0.15, 0.2) is 12.1 Å². The van der Waals surface area contributed by atoms with Crippen molar-refractivity contribution in [2.75, 3.05) is 6.54 Å². The Balaban J connectivity index is 0.00000144. The zero-order valence-electron chi connectivity index (χ0n) is 7.31. The second-order valence-corrected chi connectivity index (χ2v) is 3.47. The van der Waals surface area contributed by atoms with Crippen LogP contribution in [0.5, 0.6) is 0 Å². The molecule has 13 heavy (non-hydrogen) atoms. The van der Waals surface area contributed by atoms with Crippen LogP contribution in [-0.2, 0) is 6.42 Å². The molecule has 0 bridgehead atoms. The third kappa shape index (κ3) is 3.03. The second kappa shape index (κ2) is 5.71. The largest absolute Gasteiger partial charge is 0.330 e. The minimum atomic E-state index is 0. The Morgan fingerprint density at radius 2 is 1.92 bits per heavy atom. The van der Waals surface area contributed by atoms with Crippen LogP contribution in [0.4, 0.5) is 0 Å². The van der Waals surface area contributed by atoms with Crippen molar-refractivity contribution in [3.8, 4) is 0 Å². The van der Waals surface area contributed by atoms with Gasteiger partial charge in [0.1, 0.15) is 0 Å². The first-order valence-corrected chi connectivity index (χ1v) is 4.56. The zero-order chi connectivity index (χ0) is 9.14. The number of nitrogens with two attached hydrogens (primary N) is 1. The van der Waals surface area contributed by atoms with Crippen molar-refractivity contribution in [1.82, 2.24) is 0 Å². The van der Waals surface area contributed by atoms with E-state index in [1.54, 1.807) is 0 Å². The van der Waals surface area contributed by atoms with Gasteiger partial charge in [0.25, 0.3) is 0 Å². The van der Waals surface area contributed by atoms with Gasteiger partial charge in [-0.15, -0.1) is 12.4 Å². The van der Waals surface area contributed by atoms with Crippen LogP contribution in [0, 0.1) is 6.92 Å². The SMILES string of the molecule is Cc1c(CCN)ccc(Cl)c1Cl.Cl. The summed E-state index contributed by atoms with van der Waals surface area (Å²) in [5.74, 6) is 0. The predicted octanol–water partition coefficient (Wildman–Crippen LogP) is 3.22. The van der Waals surface area contributed by atoms with Crippen molar-refractivity contribution < 1.29 is 0 Å². The van der Waals surface area contributed by atoms with Crippen LogP contribution < -0.4 is 5.73 Å². The molecule has 1 aromatic rings. The zero-order valence-corrected chi connectivity index (χ0v) is 9.64. The molecule has 0 fully saturated rings. The van der Waals surface area contributed by atoms with Crippen molar-refractivity contribution in [1.29, 1.82) is 0 Å². The summed E-state index contributed by atoms with van der Waals surface area (Å²) in [6.45, 7) is 2.60. The van der Waals surface area contributed by atoms with Crippen molar-refractivity contribution >= 4 is 35.6 Å². The molecule has 4 heteroatoms. The predicted molar refractivity (Wildman–Crippen MR) is 61.2 cm³/mol. The van der Waals surface area contributed by atoms with Crippen LogP contribution in [0.25, 0.3) is 0 Å². The molecule has 2 N–H and O–H groups in total. The lowest BCUT2D eigenvalue weighted by Crippen LogP contribution is -2.04. The molecular weight excluding hydrogens is 228 g/mol. The number of hydrogen-bond donors (Lipinski definition) is 1. The molecule has 0 aliphatic carbocycles. The van der Waals surface area contributed by atoms with E-state index in [1.165, 1.54) is 5.56 Å². The summed E-state index contributed by atoms with van der Waals surface area (Å²) in [4.78, 5) is 0. The molecule has 0 saturated heterocycles. The number of hydrogen-bond acceptors (Lipinski definition) is 1. The summed E-state index contributed by atoms with van der Waals surface area (Å²) in [6, 6.07) is 3.78. The van der Waals surface area contributed by atoms with Gasteiger partial charge >= 0.3 is 0 Å². The van der Waals surface area contributed by atoms with Crippen molar-refractivity contribution in [3.63, 3.8) is 0 Å². The van der Waals surface area contributed by atoms with Crippen LogP contribution in [0.2, 0.25) is 10.0 Å². The van der Waals surface area contributed by atoms with E-state index in [9.17, 15) is 0 Å². The summed E-state index contributed by atoms with van der Waals surface area (Å²) < 4.78 is 0. The fraction of sp³-hybridized carbons (Fsp3) is 0.333. The van der Waals surface area contributed by atoms with E-state index in [1.807, 2.05) is 19.1 Å². The number of rotatable bonds is 2. The summed E-state index contributed by atoms with van der Waals surface area (Å²) in [5.41, 5.74) is 7.65. The molecule has 0 unspecified atom stereocenters. The topological polar surface area (TPSA) is 26.0 Å². The maximum Gasteiger partial charge on any atom is 0.0624 e. The molecule has 0 amide bonds. The summed E-state index contributed by atoms with van der Waals surface area (Å²) >= 11 is 11.8. The molecule has 74 valence electrons. The van der Waals surface area contributed by atoms with Gasteiger partial charge in [-0.2, -0.15) is 0 Å². The third-order valence-electron chi connectivity index (χ3n) is 1.87. The molecule has 1 nitrogen and oxygen atoms in total. The van der Waals surface area contributed by atoms with Crippen LogP contribution in [0.3, 0.4) is 0 Å². The monoisotopic (exact) mass is 239 g/mol. The minimum absolute atomic E-state index is 0. The molecule has 1 rings (SSSR count). The fourth-order valence-corrected chi connectivity index (χ4v) is 1.51. The van der Waals surface area contributed by atoms with Crippen molar-refractivity contribution in [2.45, 2.75) is 13.3 Å². The van der Waals surface area contributed by atoms with Gasteiger partial charge in [-0.3, -0.25) is 0 Å². The normalized spacial score (nSPS) is 9.54. The first kappa shape index (κ1) is 13.1. The smallest absolute Gasteiger partial charge is 0.0624 e. The maximum atomic E-state index is 5.95. The summed E-state index contributed by atoms with van der Waals surface area (Å²) in [6.07, 6.45) is 0.850. The van der Waals surface area contributed by atoms with Crippen molar-refractivity contribution in [2.24, 2.45) is 5.73 Å². The highest BCUT2D eigenvalue weighted by atomic mass is 35.5. The van der Waals surface area contributed by atoms with E-state index >= 15 is 0 Å². The van der Waals surface area contributed by atoms with Crippen LogP contribution in [0.1, 0.15) is 11.1 Å². The molecule has 0 aliphatic rings. The molecule has 0 heterocycles. The van der Waals surface area contributed by atoms with Gasteiger partial charge in [0.2, 0.25) is 0 Å². The highest BCUT2D eigenvalue weighted by molar-refractivity contribution is 6.42. The van der Waals surface area contributed by atoms with E-state index in [0.29, 0.717) is 16.6 Å². The number of benzene rings is 1. The molecule has 0 atom stereocenters. The fourth-order valence-electron chi connectivity index (χ4n) is 1.12. The first-order chi connectivity index (χ1) is 5.66. The standard InChI is InChI=1S/C9H11Cl2N.ClH/c1-6-7(4-5-12)2-3-8(10)9(6)11;/h2-3H,4-5,12H2,1H3;1H. The van der Waals surface area contributed by atoms with Gasteiger partial charge in [0.15, 0.2) is 0 Å². The Morgan fingerprint density at radius 3 is 2.46 bits per heavy atom. The van der Waals surface area contributed by atoms with E-state index in [-0.39, 0.29) is 12.4 Å². The molecule has 0 saturated carbocycles. The minimum Gasteiger partial charge on any atom is -0.330 e. The Labute approximate surface area is 94.6 Å². The third-order valence-corrected chi connectivity index (χ3v) is 2.76. The maximum absolute atomic E-state index is 5.95. The Morgan fingerprint density at radius 1 is 1.31 bits per heavy atom. The summed E-state index contributed by atoms with van der Waals surface area (Å²) in [5, 5.41) is 1.25. The van der Waals surface area contributed by atoms with E-state index in [0.717, 1.165) is 12.0 Å². The average molecular weight is 241 g/mol. The van der Waals surface area contributed by atoms with E-state index < -0.39 is 0 Å². The van der Waals surface area contributed by atoms with Gasteiger partial charge in [0, 0.05) is 0 Å². The number of halogens is 3. The molecule has 0 radical (unpaired) electrons. The first-order valence-electron chi connectivity index (χ1n) is 3.80. The lowest BCUT2D eigenvalue weighted by Gasteiger charge is -2.06. The van der Waals surface area contributed by atoms with Gasteiger partial charge in [-0.05, 0) is 37.1 Å². The Bertz CT molecular complexity index is 286. The highest BCUT2D eigenvalue weighted by Crippen LogP contribution is 2.27. The highest BCUT2D eigenvalue weighted by Gasteiger charge is 2.04. The Hall–Kier alpha value is 0.0500. The Kier molecular flexibility index (Phi) is 5.73. The molecule has 1 aromatic carbocycles. The van der Waals surface area contributed by atoms with E-state index in [4.69, 9.17) is 28.9 Å². The summed E-state index contributed by atoms with van der Waals surface area (Å²) in [7, 11) is 0. The van der Waals surface area contributed by atoms with Crippen LogP contribution in [-0.4, -0.2) is 6.54 Å². The van der Waals surface area contributed by atoms with Crippen LogP contribution >= 0.6 is 35.6 Å².